The van der Waals surface area contributed by atoms with E-state index in [0.29, 0.717) is 0 Å². The van der Waals surface area contributed by atoms with Crippen molar-refractivity contribution in [1.82, 2.24) is 25.0 Å². The summed E-state index contributed by atoms with van der Waals surface area (Å²) in [6, 6.07) is 1.85. The molecule has 2 aromatic rings. The minimum absolute atomic E-state index is 0.216. The standard InChI is InChI=1S/C14H24N6O/c1-5-7-20-14(12(21-4)9-16-20)13(17-15)11-8-10(6-2)18-19(11)3/h8-9,13,17H,5-7,15H2,1-4H3. The smallest absolute Gasteiger partial charge is 0.162 e. The first-order valence-electron chi connectivity index (χ1n) is 7.24. The molecule has 0 spiro atoms. The Hall–Kier alpha value is -1.86. The van der Waals surface area contributed by atoms with E-state index in [1.165, 1.54) is 0 Å². The molecule has 2 heterocycles. The topological polar surface area (TPSA) is 82.9 Å². The first kappa shape index (κ1) is 15.5. The van der Waals surface area contributed by atoms with Gasteiger partial charge >= 0.3 is 0 Å². The number of aromatic nitrogens is 4. The highest BCUT2D eigenvalue weighted by atomic mass is 16.5. The first-order chi connectivity index (χ1) is 10.2. The Labute approximate surface area is 125 Å². The molecule has 0 fully saturated rings. The number of nitrogens with two attached hydrogens (primary N) is 1. The molecule has 0 aromatic carbocycles. The lowest BCUT2D eigenvalue weighted by Gasteiger charge is -2.19. The highest BCUT2D eigenvalue weighted by Crippen LogP contribution is 2.30. The number of ether oxygens (including phenoxy) is 1. The van der Waals surface area contributed by atoms with Crippen molar-refractivity contribution in [3.05, 3.63) is 29.3 Å². The van der Waals surface area contributed by atoms with E-state index in [4.69, 9.17) is 10.6 Å². The Morgan fingerprint density at radius 1 is 1.43 bits per heavy atom. The molecule has 3 N–H and O–H groups in total. The van der Waals surface area contributed by atoms with Crippen LogP contribution in [0.4, 0.5) is 0 Å². The minimum Gasteiger partial charge on any atom is -0.493 e. The van der Waals surface area contributed by atoms with Crippen LogP contribution in [-0.4, -0.2) is 26.7 Å². The predicted molar refractivity (Wildman–Crippen MR) is 80.8 cm³/mol. The molecule has 0 saturated carbocycles. The van der Waals surface area contributed by atoms with E-state index in [0.717, 1.165) is 42.2 Å². The predicted octanol–water partition coefficient (Wildman–Crippen LogP) is 1.15. The van der Waals surface area contributed by atoms with Crippen molar-refractivity contribution in [3.8, 4) is 5.75 Å². The molecule has 0 radical (unpaired) electrons. The van der Waals surface area contributed by atoms with Crippen LogP contribution < -0.4 is 16.0 Å². The van der Waals surface area contributed by atoms with E-state index in [1.54, 1.807) is 13.3 Å². The summed E-state index contributed by atoms with van der Waals surface area (Å²) in [5, 5.41) is 8.88. The molecule has 0 saturated heterocycles. The van der Waals surface area contributed by atoms with Gasteiger partial charge in [0.15, 0.2) is 5.75 Å². The molecule has 7 nitrogen and oxygen atoms in total. The first-order valence-corrected chi connectivity index (χ1v) is 7.24. The highest BCUT2D eigenvalue weighted by molar-refractivity contribution is 5.34. The van der Waals surface area contributed by atoms with Crippen LogP contribution >= 0.6 is 0 Å². The summed E-state index contributed by atoms with van der Waals surface area (Å²) < 4.78 is 9.23. The number of nitrogens with zero attached hydrogens (tertiary/aromatic N) is 4. The van der Waals surface area contributed by atoms with Crippen molar-refractivity contribution in [3.63, 3.8) is 0 Å². The summed E-state index contributed by atoms with van der Waals surface area (Å²) in [6.45, 7) is 5.01. The summed E-state index contributed by atoms with van der Waals surface area (Å²) in [5.74, 6) is 6.54. The van der Waals surface area contributed by atoms with Gasteiger partial charge in [0.1, 0.15) is 11.7 Å². The average Bonchev–Trinajstić information content (AvgIpc) is 3.05. The van der Waals surface area contributed by atoms with Crippen LogP contribution in [-0.2, 0) is 20.0 Å². The number of aryl methyl sites for hydroxylation is 3. The molecule has 2 aromatic heterocycles. The van der Waals surface area contributed by atoms with Crippen molar-refractivity contribution in [2.45, 2.75) is 39.3 Å². The van der Waals surface area contributed by atoms with Crippen LogP contribution in [0.15, 0.2) is 12.3 Å². The largest absolute Gasteiger partial charge is 0.493 e. The highest BCUT2D eigenvalue weighted by Gasteiger charge is 2.25. The maximum atomic E-state index is 5.82. The van der Waals surface area contributed by atoms with Gasteiger partial charge < -0.3 is 4.74 Å². The van der Waals surface area contributed by atoms with Crippen LogP contribution in [0.25, 0.3) is 0 Å². The van der Waals surface area contributed by atoms with Gasteiger partial charge in [-0.25, -0.2) is 5.43 Å². The Kier molecular flexibility index (Phi) is 4.98. The number of nitrogens with one attached hydrogen (secondary N) is 1. The fourth-order valence-corrected chi connectivity index (χ4v) is 2.51. The number of hydrogen-bond acceptors (Lipinski definition) is 5. The van der Waals surface area contributed by atoms with E-state index in [9.17, 15) is 0 Å². The molecule has 1 unspecified atom stereocenters. The van der Waals surface area contributed by atoms with Gasteiger partial charge in [0.25, 0.3) is 0 Å². The van der Waals surface area contributed by atoms with Gasteiger partial charge in [0.05, 0.1) is 24.7 Å². The zero-order valence-electron chi connectivity index (χ0n) is 13.1. The van der Waals surface area contributed by atoms with Gasteiger partial charge in [-0.15, -0.1) is 0 Å². The molecule has 21 heavy (non-hydrogen) atoms. The van der Waals surface area contributed by atoms with Crippen LogP contribution in [0.3, 0.4) is 0 Å². The molecular formula is C14H24N6O. The van der Waals surface area contributed by atoms with E-state index >= 15 is 0 Å². The molecular weight excluding hydrogens is 268 g/mol. The van der Waals surface area contributed by atoms with Crippen LogP contribution in [0.5, 0.6) is 5.75 Å². The minimum atomic E-state index is -0.216. The van der Waals surface area contributed by atoms with Crippen LogP contribution in [0, 0.1) is 0 Å². The van der Waals surface area contributed by atoms with Gasteiger partial charge in [-0.2, -0.15) is 10.2 Å². The molecule has 116 valence electrons. The van der Waals surface area contributed by atoms with Crippen molar-refractivity contribution in [2.24, 2.45) is 12.9 Å². The number of hydrogen-bond donors (Lipinski definition) is 2. The van der Waals surface area contributed by atoms with Crippen molar-refractivity contribution < 1.29 is 4.74 Å². The maximum absolute atomic E-state index is 5.82. The fraction of sp³-hybridized carbons (Fsp3) is 0.571. The monoisotopic (exact) mass is 292 g/mol. The SMILES string of the molecule is CCCn1ncc(OC)c1C(NN)c1cc(CC)nn1C. The third kappa shape index (κ3) is 2.93. The molecule has 0 bridgehead atoms. The third-order valence-corrected chi connectivity index (χ3v) is 3.56. The fourth-order valence-electron chi connectivity index (χ4n) is 2.51. The Morgan fingerprint density at radius 3 is 2.71 bits per heavy atom. The Morgan fingerprint density at radius 2 is 2.19 bits per heavy atom. The van der Waals surface area contributed by atoms with Crippen molar-refractivity contribution in [2.75, 3.05) is 7.11 Å². The van der Waals surface area contributed by atoms with Gasteiger partial charge in [-0.3, -0.25) is 15.2 Å². The summed E-state index contributed by atoms with van der Waals surface area (Å²) in [4.78, 5) is 0. The second-order valence-electron chi connectivity index (χ2n) is 4.96. The van der Waals surface area contributed by atoms with Crippen LogP contribution in [0.1, 0.15) is 43.4 Å². The number of rotatable bonds is 7. The normalized spacial score (nSPS) is 12.6. The summed E-state index contributed by atoms with van der Waals surface area (Å²) in [7, 11) is 3.57. The van der Waals surface area contributed by atoms with Gasteiger partial charge in [-0.1, -0.05) is 13.8 Å². The van der Waals surface area contributed by atoms with Crippen molar-refractivity contribution in [1.29, 1.82) is 0 Å². The Balaban J connectivity index is 2.49. The zero-order chi connectivity index (χ0) is 15.4. The molecule has 7 heteroatoms. The van der Waals surface area contributed by atoms with E-state index in [-0.39, 0.29) is 6.04 Å². The number of methoxy groups -OCH3 is 1. The summed E-state index contributed by atoms with van der Waals surface area (Å²) in [6.07, 6.45) is 3.60. The Bertz CT molecular complexity index is 588. The second-order valence-corrected chi connectivity index (χ2v) is 4.96. The number of hydrazine groups is 1. The third-order valence-electron chi connectivity index (χ3n) is 3.56. The zero-order valence-corrected chi connectivity index (χ0v) is 13.1. The van der Waals surface area contributed by atoms with Crippen molar-refractivity contribution >= 4 is 0 Å². The quantitative estimate of drug-likeness (QED) is 0.591. The maximum Gasteiger partial charge on any atom is 0.162 e. The average molecular weight is 292 g/mol. The molecule has 0 aliphatic heterocycles. The molecule has 0 aliphatic carbocycles. The summed E-state index contributed by atoms with van der Waals surface area (Å²) >= 11 is 0. The summed E-state index contributed by atoms with van der Waals surface area (Å²) in [5.41, 5.74) is 5.82. The molecule has 2 rings (SSSR count). The van der Waals surface area contributed by atoms with E-state index in [2.05, 4.69) is 35.5 Å². The lowest BCUT2D eigenvalue weighted by Crippen LogP contribution is -2.32. The van der Waals surface area contributed by atoms with E-state index in [1.807, 2.05) is 16.4 Å². The van der Waals surface area contributed by atoms with E-state index < -0.39 is 0 Å². The lowest BCUT2D eigenvalue weighted by atomic mass is 10.1. The lowest BCUT2D eigenvalue weighted by molar-refractivity contribution is 0.395. The van der Waals surface area contributed by atoms with Gasteiger partial charge in [0.2, 0.25) is 0 Å². The van der Waals surface area contributed by atoms with Crippen LogP contribution in [0.2, 0.25) is 0 Å². The molecule has 1 atom stereocenters. The molecule has 0 amide bonds. The molecule has 0 aliphatic rings. The van der Waals surface area contributed by atoms with Gasteiger partial charge in [-0.05, 0) is 18.9 Å². The second kappa shape index (κ2) is 6.73. The van der Waals surface area contributed by atoms with Gasteiger partial charge in [0, 0.05) is 13.6 Å².